The van der Waals surface area contributed by atoms with E-state index in [-0.39, 0.29) is 17.0 Å². The summed E-state index contributed by atoms with van der Waals surface area (Å²) < 4.78 is 12.9. The predicted molar refractivity (Wildman–Crippen MR) is 68.3 cm³/mol. The lowest BCUT2D eigenvalue weighted by atomic mass is 10.1. The van der Waals surface area contributed by atoms with Crippen LogP contribution in [0, 0.1) is 5.82 Å². The fourth-order valence-corrected chi connectivity index (χ4v) is 1.73. The van der Waals surface area contributed by atoms with Gasteiger partial charge in [0.25, 0.3) is 5.91 Å². The standard InChI is InChI=1S/C12H14Cl2FNO/c1-8(3-2-6-13)16-12(17)9-4-5-11(15)10(14)7-9/h4-5,7-8H,2-3,6H2,1H3,(H,16,17). The summed E-state index contributed by atoms with van der Waals surface area (Å²) in [5, 5.41) is 2.75. The smallest absolute Gasteiger partial charge is 0.251 e. The van der Waals surface area contributed by atoms with Crippen LogP contribution in [0.15, 0.2) is 18.2 Å². The maximum atomic E-state index is 12.9. The molecule has 0 aliphatic carbocycles. The first-order chi connectivity index (χ1) is 8.04. The molecule has 1 atom stereocenters. The van der Waals surface area contributed by atoms with Crippen molar-refractivity contribution < 1.29 is 9.18 Å². The van der Waals surface area contributed by atoms with Crippen molar-refractivity contribution in [2.75, 3.05) is 5.88 Å². The van der Waals surface area contributed by atoms with Gasteiger partial charge in [0, 0.05) is 17.5 Å². The summed E-state index contributed by atoms with van der Waals surface area (Å²) in [7, 11) is 0. The number of carbonyl (C=O) groups excluding carboxylic acids is 1. The van der Waals surface area contributed by atoms with Crippen LogP contribution in [0.2, 0.25) is 5.02 Å². The van der Waals surface area contributed by atoms with E-state index in [0.29, 0.717) is 11.4 Å². The van der Waals surface area contributed by atoms with E-state index in [1.54, 1.807) is 0 Å². The second kappa shape index (κ2) is 6.82. The lowest BCUT2D eigenvalue weighted by Crippen LogP contribution is -2.32. The summed E-state index contributed by atoms with van der Waals surface area (Å²) in [6.45, 7) is 1.90. The zero-order chi connectivity index (χ0) is 12.8. The number of amides is 1. The van der Waals surface area contributed by atoms with E-state index < -0.39 is 5.82 Å². The van der Waals surface area contributed by atoms with Crippen LogP contribution >= 0.6 is 23.2 Å². The third kappa shape index (κ3) is 4.52. The number of benzene rings is 1. The van der Waals surface area contributed by atoms with Crippen molar-refractivity contribution >= 4 is 29.1 Å². The SMILES string of the molecule is CC(CCCCl)NC(=O)c1ccc(F)c(Cl)c1. The Morgan fingerprint density at radius 1 is 1.53 bits per heavy atom. The zero-order valence-corrected chi connectivity index (χ0v) is 11.0. The number of carbonyl (C=O) groups is 1. The zero-order valence-electron chi connectivity index (χ0n) is 9.47. The molecule has 1 amide bonds. The topological polar surface area (TPSA) is 29.1 Å². The Labute approximate surface area is 110 Å². The molecule has 0 aliphatic heterocycles. The largest absolute Gasteiger partial charge is 0.350 e. The molecule has 0 bridgehead atoms. The van der Waals surface area contributed by atoms with E-state index in [1.807, 2.05) is 6.92 Å². The monoisotopic (exact) mass is 277 g/mol. The molecule has 1 aromatic carbocycles. The maximum Gasteiger partial charge on any atom is 0.251 e. The molecule has 0 aliphatic rings. The Balaban J connectivity index is 2.60. The van der Waals surface area contributed by atoms with Crippen LogP contribution in [-0.4, -0.2) is 17.8 Å². The van der Waals surface area contributed by atoms with Crippen LogP contribution < -0.4 is 5.32 Å². The van der Waals surface area contributed by atoms with Crippen molar-refractivity contribution in [3.63, 3.8) is 0 Å². The van der Waals surface area contributed by atoms with Crippen LogP contribution in [-0.2, 0) is 0 Å². The van der Waals surface area contributed by atoms with Crippen molar-refractivity contribution in [1.29, 1.82) is 0 Å². The molecule has 17 heavy (non-hydrogen) atoms. The Morgan fingerprint density at radius 3 is 2.82 bits per heavy atom. The van der Waals surface area contributed by atoms with E-state index >= 15 is 0 Å². The average Bonchev–Trinajstić information content (AvgIpc) is 2.30. The second-order valence-corrected chi connectivity index (χ2v) is 4.62. The molecule has 1 unspecified atom stereocenters. The van der Waals surface area contributed by atoms with E-state index in [9.17, 15) is 9.18 Å². The van der Waals surface area contributed by atoms with Gasteiger partial charge < -0.3 is 5.32 Å². The highest BCUT2D eigenvalue weighted by Crippen LogP contribution is 2.16. The highest BCUT2D eigenvalue weighted by Gasteiger charge is 2.11. The number of alkyl halides is 1. The van der Waals surface area contributed by atoms with Gasteiger partial charge in [0.05, 0.1) is 5.02 Å². The fraction of sp³-hybridized carbons (Fsp3) is 0.417. The molecule has 0 radical (unpaired) electrons. The van der Waals surface area contributed by atoms with Gasteiger partial charge in [0.1, 0.15) is 5.82 Å². The van der Waals surface area contributed by atoms with Crippen LogP contribution in [0.5, 0.6) is 0 Å². The van der Waals surface area contributed by atoms with Gasteiger partial charge in [-0.3, -0.25) is 4.79 Å². The van der Waals surface area contributed by atoms with Gasteiger partial charge in [-0.2, -0.15) is 0 Å². The molecular formula is C12H14Cl2FNO. The van der Waals surface area contributed by atoms with Gasteiger partial charge >= 0.3 is 0 Å². The molecule has 0 spiro atoms. The van der Waals surface area contributed by atoms with E-state index in [1.165, 1.54) is 18.2 Å². The number of rotatable bonds is 5. The Bertz CT molecular complexity index is 398. The summed E-state index contributed by atoms with van der Waals surface area (Å²) >= 11 is 11.2. The molecular weight excluding hydrogens is 264 g/mol. The summed E-state index contributed by atoms with van der Waals surface area (Å²) in [6.07, 6.45) is 1.65. The van der Waals surface area contributed by atoms with Gasteiger partial charge in [-0.05, 0) is 38.0 Å². The van der Waals surface area contributed by atoms with Gasteiger partial charge in [0.2, 0.25) is 0 Å². The van der Waals surface area contributed by atoms with Crippen molar-refractivity contribution in [3.8, 4) is 0 Å². The van der Waals surface area contributed by atoms with Crippen molar-refractivity contribution in [2.24, 2.45) is 0 Å². The van der Waals surface area contributed by atoms with Crippen LogP contribution in [0.4, 0.5) is 4.39 Å². The first-order valence-electron chi connectivity index (χ1n) is 5.36. The molecule has 1 aromatic rings. The molecule has 5 heteroatoms. The molecule has 0 heterocycles. The minimum atomic E-state index is -0.529. The quantitative estimate of drug-likeness (QED) is 0.819. The normalized spacial score (nSPS) is 12.2. The fourth-order valence-electron chi connectivity index (χ4n) is 1.40. The molecule has 0 saturated heterocycles. The Morgan fingerprint density at radius 2 is 2.24 bits per heavy atom. The van der Waals surface area contributed by atoms with Gasteiger partial charge in [-0.15, -0.1) is 11.6 Å². The van der Waals surface area contributed by atoms with Crippen LogP contribution in [0.25, 0.3) is 0 Å². The first-order valence-corrected chi connectivity index (χ1v) is 6.27. The minimum absolute atomic E-state index is 0.0325. The summed E-state index contributed by atoms with van der Waals surface area (Å²) in [6, 6.07) is 3.94. The van der Waals surface area contributed by atoms with E-state index in [0.717, 1.165) is 12.8 Å². The highest BCUT2D eigenvalue weighted by molar-refractivity contribution is 6.31. The Hall–Kier alpha value is -0.800. The molecule has 0 fully saturated rings. The lowest BCUT2D eigenvalue weighted by Gasteiger charge is -2.13. The Kier molecular flexibility index (Phi) is 5.72. The number of hydrogen-bond acceptors (Lipinski definition) is 1. The van der Waals surface area contributed by atoms with Crippen molar-refractivity contribution in [3.05, 3.63) is 34.6 Å². The minimum Gasteiger partial charge on any atom is -0.350 e. The molecule has 0 saturated carbocycles. The predicted octanol–water partition coefficient (Wildman–Crippen LogP) is 3.62. The van der Waals surface area contributed by atoms with Crippen molar-refractivity contribution in [2.45, 2.75) is 25.8 Å². The summed E-state index contributed by atoms with van der Waals surface area (Å²) in [5.41, 5.74) is 0.356. The van der Waals surface area contributed by atoms with Crippen molar-refractivity contribution in [1.82, 2.24) is 5.32 Å². The summed E-state index contributed by atoms with van der Waals surface area (Å²) in [4.78, 5) is 11.8. The third-order valence-corrected chi connectivity index (χ3v) is 2.89. The lowest BCUT2D eigenvalue weighted by molar-refractivity contribution is 0.0938. The van der Waals surface area contributed by atoms with E-state index in [2.05, 4.69) is 5.32 Å². The van der Waals surface area contributed by atoms with Gasteiger partial charge in [0.15, 0.2) is 0 Å². The molecule has 0 aromatic heterocycles. The third-order valence-electron chi connectivity index (χ3n) is 2.33. The molecule has 94 valence electrons. The van der Waals surface area contributed by atoms with Crippen LogP contribution in [0.1, 0.15) is 30.1 Å². The van der Waals surface area contributed by atoms with Crippen LogP contribution in [0.3, 0.4) is 0 Å². The molecule has 1 rings (SSSR count). The highest BCUT2D eigenvalue weighted by atomic mass is 35.5. The first kappa shape index (κ1) is 14.3. The summed E-state index contributed by atoms with van der Waals surface area (Å²) in [5.74, 6) is -0.213. The number of halogens is 3. The number of hydrogen-bond donors (Lipinski definition) is 1. The average molecular weight is 278 g/mol. The molecule has 2 nitrogen and oxygen atoms in total. The molecule has 1 N–H and O–H groups in total. The maximum absolute atomic E-state index is 12.9. The van der Waals surface area contributed by atoms with E-state index in [4.69, 9.17) is 23.2 Å². The van der Waals surface area contributed by atoms with Gasteiger partial charge in [-0.1, -0.05) is 11.6 Å². The van der Waals surface area contributed by atoms with Gasteiger partial charge in [-0.25, -0.2) is 4.39 Å². The second-order valence-electron chi connectivity index (χ2n) is 3.83. The number of nitrogens with one attached hydrogen (secondary N) is 1.